The zero-order valence-corrected chi connectivity index (χ0v) is 17.1. The molecule has 9 nitrogen and oxygen atoms in total. The van der Waals surface area contributed by atoms with Crippen LogP contribution in [0.3, 0.4) is 0 Å². The fourth-order valence-corrected chi connectivity index (χ4v) is 3.39. The first-order valence-corrected chi connectivity index (χ1v) is 9.99. The molecule has 0 saturated carbocycles. The lowest BCUT2D eigenvalue weighted by atomic mass is 10.1. The molecule has 3 aromatic rings. The molecule has 31 heavy (non-hydrogen) atoms. The number of methoxy groups -OCH3 is 1. The number of hydrogen-bond acceptors (Lipinski definition) is 7. The summed E-state index contributed by atoms with van der Waals surface area (Å²) in [6, 6.07) is 9.03. The number of amides is 2. The number of nitrogens with one attached hydrogen (secondary N) is 2. The van der Waals surface area contributed by atoms with Gasteiger partial charge in [0, 0.05) is 26.4 Å². The van der Waals surface area contributed by atoms with Crippen molar-refractivity contribution < 1.29 is 18.7 Å². The molecule has 2 aromatic heterocycles. The van der Waals surface area contributed by atoms with E-state index in [2.05, 4.69) is 20.6 Å². The van der Waals surface area contributed by atoms with Crippen LogP contribution >= 0.6 is 0 Å². The number of carbonyl (C=O) groups is 2. The number of pyridine rings is 1. The van der Waals surface area contributed by atoms with Gasteiger partial charge in [-0.1, -0.05) is 6.07 Å². The van der Waals surface area contributed by atoms with E-state index in [9.17, 15) is 9.59 Å². The maximum Gasteiger partial charge on any atom is 0.297 e. The Morgan fingerprint density at radius 2 is 2.00 bits per heavy atom. The predicted molar refractivity (Wildman–Crippen MR) is 115 cm³/mol. The van der Waals surface area contributed by atoms with Gasteiger partial charge in [0.2, 0.25) is 0 Å². The van der Waals surface area contributed by atoms with E-state index < -0.39 is 5.91 Å². The standard InChI is InChI=1S/C22H23N5O4/c1-30-13-15-6-7-17(20(28)24-16-5-4-8-23-12-16)18(11-15)25-21(29)19-14-31-22(26-19)27-9-2-3-10-27/h4-8,11-12,14H,2-3,9-10,13H2,1H3,(H,24,28)(H,25,29). The highest BCUT2D eigenvalue weighted by Crippen LogP contribution is 2.23. The van der Waals surface area contributed by atoms with Crippen molar-refractivity contribution in [1.82, 2.24) is 9.97 Å². The summed E-state index contributed by atoms with van der Waals surface area (Å²) < 4.78 is 10.6. The minimum absolute atomic E-state index is 0.151. The van der Waals surface area contributed by atoms with Crippen LogP contribution in [0.15, 0.2) is 53.4 Å². The third kappa shape index (κ3) is 4.89. The van der Waals surface area contributed by atoms with Crippen LogP contribution in [-0.2, 0) is 11.3 Å². The molecule has 160 valence electrons. The van der Waals surface area contributed by atoms with E-state index in [1.165, 1.54) is 6.26 Å². The van der Waals surface area contributed by atoms with Crippen molar-refractivity contribution in [2.24, 2.45) is 0 Å². The molecule has 2 N–H and O–H groups in total. The number of benzene rings is 1. The summed E-state index contributed by atoms with van der Waals surface area (Å²) in [6.07, 6.45) is 6.65. The van der Waals surface area contributed by atoms with E-state index in [1.54, 1.807) is 49.8 Å². The largest absolute Gasteiger partial charge is 0.431 e. The van der Waals surface area contributed by atoms with Crippen LogP contribution in [0.4, 0.5) is 17.4 Å². The Morgan fingerprint density at radius 3 is 2.74 bits per heavy atom. The molecule has 1 aromatic carbocycles. The number of nitrogens with zero attached hydrogens (tertiary/aromatic N) is 3. The molecule has 9 heteroatoms. The summed E-state index contributed by atoms with van der Waals surface area (Å²) in [7, 11) is 1.58. The van der Waals surface area contributed by atoms with Gasteiger partial charge in [-0.05, 0) is 42.7 Å². The van der Waals surface area contributed by atoms with Crippen LogP contribution in [0.1, 0.15) is 39.3 Å². The molecule has 0 spiro atoms. The summed E-state index contributed by atoms with van der Waals surface area (Å²) in [6.45, 7) is 2.06. The molecule has 3 heterocycles. The first kappa shape index (κ1) is 20.5. The van der Waals surface area contributed by atoms with E-state index in [0.717, 1.165) is 31.5 Å². The van der Waals surface area contributed by atoms with Crippen molar-refractivity contribution in [3.63, 3.8) is 0 Å². The first-order chi connectivity index (χ1) is 15.1. The van der Waals surface area contributed by atoms with E-state index >= 15 is 0 Å². The van der Waals surface area contributed by atoms with Gasteiger partial charge in [0.25, 0.3) is 17.8 Å². The minimum atomic E-state index is -0.459. The Labute approximate surface area is 179 Å². The summed E-state index contributed by atoms with van der Waals surface area (Å²) in [5, 5.41) is 5.56. The lowest BCUT2D eigenvalue weighted by Gasteiger charge is -2.13. The second kappa shape index (κ2) is 9.40. The van der Waals surface area contributed by atoms with E-state index in [-0.39, 0.29) is 11.6 Å². The average molecular weight is 421 g/mol. The van der Waals surface area contributed by atoms with Crippen LogP contribution in [0.2, 0.25) is 0 Å². The molecule has 2 amide bonds. The van der Waals surface area contributed by atoms with Crippen LogP contribution in [0.25, 0.3) is 0 Å². The Morgan fingerprint density at radius 1 is 1.16 bits per heavy atom. The van der Waals surface area contributed by atoms with Gasteiger partial charge < -0.3 is 24.7 Å². The molecule has 0 bridgehead atoms. The highest BCUT2D eigenvalue weighted by molar-refractivity contribution is 6.12. The Kier molecular flexibility index (Phi) is 6.23. The lowest BCUT2D eigenvalue weighted by Crippen LogP contribution is -2.20. The normalized spacial score (nSPS) is 13.3. The molecule has 0 aliphatic carbocycles. The van der Waals surface area contributed by atoms with Gasteiger partial charge >= 0.3 is 0 Å². The lowest BCUT2D eigenvalue weighted by molar-refractivity contribution is 0.102. The quantitative estimate of drug-likeness (QED) is 0.602. The van der Waals surface area contributed by atoms with Crippen LogP contribution < -0.4 is 15.5 Å². The maximum atomic E-state index is 12.8. The Balaban J connectivity index is 1.55. The summed E-state index contributed by atoms with van der Waals surface area (Å²) in [5.74, 6) is -0.829. The molecule has 0 atom stereocenters. The molecule has 1 aliphatic heterocycles. The van der Waals surface area contributed by atoms with Crippen molar-refractivity contribution in [2.75, 3.05) is 35.7 Å². The van der Waals surface area contributed by atoms with Crippen molar-refractivity contribution in [3.05, 3.63) is 65.8 Å². The number of anilines is 3. The number of oxazole rings is 1. The number of aromatic nitrogens is 2. The molecule has 1 aliphatic rings. The topological polar surface area (TPSA) is 110 Å². The highest BCUT2D eigenvalue weighted by Gasteiger charge is 2.21. The van der Waals surface area contributed by atoms with Crippen molar-refractivity contribution in [1.29, 1.82) is 0 Å². The van der Waals surface area contributed by atoms with E-state index in [4.69, 9.17) is 9.15 Å². The zero-order chi connectivity index (χ0) is 21.6. The van der Waals surface area contributed by atoms with Gasteiger partial charge in [-0.3, -0.25) is 14.6 Å². The second-order valence-electron chi connectivity index (χ2n) is 7.17. The van der Waals surface area contributed by atoms with Gasteiger partial charge in [0.1, 0.15) is 6.26 Å². The van der Waals surface area contributed by atoms with Crippen molar-refractivity contribution >= 4 is 29.2 Å². The SMILES string of the molecule is COCc1ccc(C(=O)Nc2cccnc2)c(NC(=O)c2coc(N3CCCC3)n2)c1. The van der Waals surface area contributed by atoms with Gasteiger partial charge in [0.05, 0.1) is 29.7 Å². The number of ether oxygens (including phenoxy) is 1. The van der Waals surface area contributed by atoms with E-state index in [0.29, 0.717) is 29.6 Å². The summed E-state index contributed by atoms with van der Waals surface area (Å²) >= 11 is 0. The maximum absolute atomic E-state index is 12.8. The fourth-order valence-electron chi connectivity index (χ4n) is 3.39. The van der Waals surface area contributed by atoms with Gasteiger partial charge in [-0.15, -0.1) is 0 Å². The smallest absolute Gasteiger partial charge is 0.297 e. The molecular weight excluding hydrogens is 398 g/mol. The summed E-state index contributed by atoms with van der Waals surface area (Å²) in [4.78, 5) is 36.0. The number of hydrogen-bond donors (Lipinski definition) is 2. The molecule has 4 rings (SSSR count). The number of rotatable bonds is 7. The molecular formula is C22H23N5O4. The predicted octanol–water partition coefficient (Wildman–Crippen LogP) is 3.32. The van der Waals surface area contributed by atoms with Crippen LogP contribution in [-0.4, -0.2) is 42.0 Å². The Bertz CT molecular complexity index is 1060. The highest BCUT2D eigenvalue weighted by atomic mass is 16.5. The van der Waals surface area contributed by atoms with Gasteiger partial charge in [-0.25, -0.2) is 0 Å². The minimum Gasteiger partial charge on any atom is -0.431 e. The number of carbonyl (C=O) groups excluding carboxylic acids is 2. The average Bonchev–Trinajstić information content (AvgIpc) is 3.47. The summed E-state index contributed by atoms with van der Waals surface area (Å²) in [5.41, 5.74) is 2.18. The molecule has 0 unspecified atom stereocenters. The third-order valence-electron chi connectivity index (χ3n) is 4.91. The molecule has 0 radical (unpaired) electrons. The monoisotopic (exact) mass is 421 g/mol. The first-order valence-electron chi connectivity index (χ1n) is 9.99. The fraction of sp³-hybridized carbons (Fsp3) is 0.273. The second-order valence-corrected chi connectivity index (χ2v) is 7.17. The van der Waals surface area contributed by atoms with Crippen LogP contribution in [0, 0.1) is 0 Å². The van der Waals surface area contributed by atoms with Crippen molar-refractivity contribution in [3.8, 4) is 0 Å². The zero-order valence-electron chi connectivity index (χ0n) is 17.1. The van der Waals surface area contributed by atoms with Crippen LogP contribution in [0.5, 0.6) is 0 Å². The Hall–Kier alpha value is -3.72. The third-order valence-corrected chi connectivity index (χ3v) is 4.91. The van der Waals surface area contributed by atoms with Gasteiger partial charge in [0.15, 0.2) is 5.69 Å². The molecule has 1 fully saturated rings. The van der Waals surface area contributed by atoms with E-state index in [1.807, 2.05) is 4.90 Å². The van der Waals surface area contributed by atoms with Gasteiger partial charge in [-0.2, -0.15) is 4.98 Å². The molecule has 1 saturated heterocycles. The van der Waals surface area contributed by atoms with Crippen molar-refractivity contribution in [2.45, 2.75) is 19.4 Å².